The fourth-order valence-corrected chi connectivity index (χ4v) is 5.72. The number of methoxy groups -OCH3 is 1. The fourth-order valence-electron chi connectivity index (χ4n) is 5.72. The number of amides is 1. The molecule has 0 bridgehead atoms. The predicted octanol–water partition coefficient (Wildman–Crippen LogP) is 7.69. The molecule has 3 aromatic carbocycles. The number of aryl methyl sites for hydroxylation is 1. The summed E-state index contributed by atoms with van der Waals surface area (Å²) in [5.41, 5.74) is 2.74. The Balaban J connectivity index is 1.55. The summed E-state index contributed by atoms with van der Waals surface area (Å²) in [6.07, 6.45) is -1.15. The number of cyclic esters (lactones) is 1. The minimum absolute atomic E-state index is 0.140. The molecule has 0 radical (unpaired) electrons. The number of ether oxygens (including phenoxy) is 2. The van der Waals surface area contributed by atoms with Crippen molar-refractivity contribution in [3.05, 3.63) is 124 Å². The molecule has 1 amide bonds. The lowest BCUT2D eigenvalue weighted by molar-refractivity contribution is -0.137. The van der Waals surface area contributed by atoms with Gasteiger partial charge in [0.1, 0.15) is 11.9 Å². The fraction of sp³-hybridized carbons (Fsp3) is 0.273. The van der Waals surface area contributed by atoms with Crippen molar-refractivity contribution < 1.29 is 41.7 Å². The average molecular weight is 596 g/mol. The van der Waals surface area contributed by atoms with Crippen molar-refractivity contribution in [1.29, 1.82) is 0 Å². The van der Waals surface area contributed by atoms with Gasteiger partial charge in [-0.1, -0.05) is 42.5 Å². The smallest absolute Gasteiger partial charge is 0.416 e. The van der Waals surface area contributed by atoms with Gasteiger partial charge in [0.2, 0.25) is 0 Å². The number of carbonyl (C=O) groups excluding carboxylic acids is 1. The van der Waals surface area contributed by atoms with Crippen LogP contribution in [-0.2, 0) is 22.2 Å². The molecule has 1 heterocycles. The van der Waals surface area contributed by atoms with Gasteiger partial charge in [-0.25, -0.2) is 14.0 Å². The second-order valence-electron chi connectivity index (χ2n) is 10.7. The molecule has 1 N–H and O–H groups in total. The molecule has 0 aromatic heterocycles. The first-order valence-corrected chi connectivity index (χ1v) is 13.6. The molecular weight excluding hydrogens is 566 g/mol. The summed E-state index contributed by atoms with van der Waals surface area (Å²) in [6.45, 7) is 3.31. The number of nitrogens with zero attached hydrogens (tertiary/aromatic N) is 1. The number of halogens is 4. The van der Waals surface area contributed by atoms with E-state index in [2.05, 4.69) is 0 Å². The van der Waals surface area contributed by atoms with E-state index in [0.717, 1.165) is 28.8 Å². The average Bonchev–Trinajstić information content (AvgIpc) is 3.24. The number of allylic oxidation sites excluding steroid dienone is 2. The van der Waals surface area contributed by atoms with Gasteiger partial charge in [0.05, 0.1) is 23.3 Å². The molecule has 2 aliphatic rings. The Morgan fingerprint density at radius 1 is 1.09 bits per heavy atom. The normalized spacial score (nSPS) is 22.0. The molecule has 2 unspecified atom stereocenters. The maximum atomic E-state index is 13.9. The quantitative estimate of drug-likeness (QED) is 0.284. The Hall–Kier alpha value is -4.44. The van der Waals surface area contributed by atoms with Gasteiger partial charge in [-0.2, -0.15) is 13.2 Å². The number of hydrogen-bond acceptors (Lipinski definition) is 4. The number of hydrogen-bond donors (Lipinski definition) is 1. The second-order valence-corrected chi connectivity index (χ2v) is 10.7. The third-order valence-electron chi connectivity index (χ3n) is 7.97. The van der Waals surface area contributed by atoms with Gasteiger partial charge in [-0.15, -0.1) is 0 Å². The zero-order valence-corrected chi connectivity index (χ0v) is 23.6. The first-order valence-electron chi connectivity index (χ1n) is 13.6. The molecule has 6 nitrogen and oxygen atoms in total. The van der Waals surface area contributed by atoms with E-state index in [1.807, 2.05) is 12.2 Å². The van der Waals surface area contributed by atoms with Crippen molar-refractivity contribution in [2.45, 2.75) is 50.7 Å². The van der Waals surface area contributed by atoms with E-state index in [-0.39, 0.29) is 17.7 Å². The molecule has 43 heavy (non-hydrogen) atoms. The zero-order valence-electron chi connectivity index (χ0n) is 23.6. The van der Waals surface area contributed by atoms with Gasteiger partial charge in [-0.3, -0.25) is 4.90 Å². The van der Waals surface area contributed by atoms with E-state index < -0.39 is 53.8 Å². The van der Waals surface area contributed by atoms with Crippen LogP contribution in [0.5, 0.6) is 0 Å². The van der Waals surface area contributed by atoms with Crippen LogP contribution >= 0.6 is 0 Å². The Morgan fingerprint density at radius 3 is 2.51 bits per heavy atom. The number of rotatable bonds is 7. The summed E-state index contributed by atoms with van der Waals surface area (Å²) < 4.78 is 66.7. The zero-order chi connectivity index (χ0) is 31.1. The summed E-state index contributed by atoms with van der Waals surface area (Å²) >= 11 is 0. The minimum Gasteiger partial charge on any atom is -0.478 e. The Labute approximate surface area is 245 Å². The van der Waals surface area contributed by atoms with Gasteiger partial charge in [-0.05, 0) is 83.6 Å². The first kappa shape index (κ1) is 30.0. The molecule has 1 fully saturated rings. The third-order valence-corrected chi connectivity index (χ3v) is 7.97. The van der Waals surface area contributed by atoms with E-state index in [4.69, 9.17) is 9.47 Å². The van der Waals surface area contributed by atoms with Crippen molar-refractivity contribution in [2.75, 3.05) is 7.11 Å². The topological polar surface area (TPSA) is 76.1 Å². The first-order chi connectivity index (χ1) is 20.4. The Kier molecular flexibility index (Phi) is 8.16. The number of carboxylic acid groups (broad SMARTS) is 1. The van der Waals surface area contributed by atoms with Crippen LogP contribution in [0.3, 0.4) is 0 Å². The molecule has 10 heteroatoms. The van der Waals surface area contributed by atoms with Crippen molar-refractivity contribution in [1.82, 2.24) is 4.90 Å². The summed E-state index contributed by atoms with van der Waals surface area (Å²) in [5, 5.41) is 9.35. The van der Waals surface area contributed by atoms with E-state index in [1.54, 1.807) is 38.1 Å². The highest BCUT2D eigenvalue weighted by Crippen LogP contribution is 2.40. The second kappa shape index (κ2) is 11.7. The molecular formula is C33H29F4NO5. The lowest BCUT2D eigenvalue weighted by atomic mass is 9.82. The summed E-state index contributed by atoms with van der Waals surface area (Å²) in [5.74, 6) is -2.08. The van der Waals surface area contributed by atoms with Crippen molar-refractivity contribution in [3.63, 3.8) is 0 Å². The maximum Gasteiger partial charge on any atom is 0.416 e. The SMILES string of the molecule is COC1C=CC(c2ccc(C(=O)O)cc2C)=CC1c1ccc(C(F)(F)F)cc1CN1C(=O)O[C@H](c2cccc(F)c2)[C@@H]1C. The number of aromatic carboxylic acids is 1. The molecule has 1 aliphatic carbocycles. The van der Waals surface area contributed by atoms with Crippen LogP contribution < -0.4 is 0 Å². The minimum atomic E-state index is -4.62. The molecule has 0 saturated carbocycles. The molecule has 1 aliphatic heterocycles. The van der Waals surface area contributed by atoms with Gasteiger partial charge in [0.25, 0.3) is 0 Å². The molecule has 4 atom stereocenters. The molecule has 224 valence electrons. The van der Waals surface area contributed by atoms with Crippen LogP contribution in [0.25, 0.3) is 5.57 Å². The predicted molar refractivity (Wildman–Crippen MR) is 151 cm³/mol. The Morgan fingerprint density at radius 2 is 1.86 bits per heavy atom. The van der Waals surface area contributed by atoms with Crippen molar-refractivity contribution >= 4 is 17.6 Å². The molecule has 3 aromatic rings. The molecule has 1 saturated heterocycles. The van der Waals surface area contributed by atoms with Gasteiger partial charge < -0.3 is 14.6 Å². The van der Waals surface area contributed by atoms with Crippen LogP contribution in [0, 0.1) is 12.7 Å². The summed E-state index contributed by atoms with van der Waals surface area (Å²) in [6, 6.07) is 13.3. The number of alkyl halides is 3. The van der Waals surface area contributed by atoms with Crippen LogP contribution in [0.4, 0.5) is 22.4 Å². The highest BCUT2D eigenvalue weighted by atomic mass is 19.4. The number of carboxylic acids is 1. The summed E-state index contributed by atoms with van der Waals surface area (Å²) in [7, 11) is 1.50. The lowest BCUT2D eigenvalue weighted by Crippen LogP contribution is -2.32. The molecule has 5 rings (SSSR count). The van der Waals surface area contributed by atoms with Crippen molar-refractivity contribution in [2.24, 2.45) is 0 Å². The van der Waals surface area contributed by atoms with Crippen LogP contribution in [-0.4, -0.2) is 41.3 Å². The van der Waals surface area contributed by atoms with E-state index in [1.165, 1.54) is 42.3 Å². The summed E-state index contributed by atoms with van der Waals surface area (Å²) in [4.78, 5) is 25.8. The van der Waals surface area contributed by atoms with E-state index in [9.17, 15) is 32.3 Å². The monoisotopic (exact) mass is 595 g/mol. The van der Waals surface area contributed by atoms with Crippen LogP contribution in [0.1, 0.15) is 62.7 Å². The number of benzene rings is 3. The van der Waals surface area contributed by atoms with E-state index in [0.29, 0.717) is 11.1 Å². The Bertz CT molecular complexity index is 1630. The van der Waals surface area contributed by atoms with Gasteiger partial charge in [0, 0.05) is 19.6 Å². The standard InChI is InChI=1S/C33H29F4NO5/c1-18-13-22(31(39)40)7-10-26(18)20-8-12-29(42-3)28(16-20)27-11-9-24(33(35,36)37)14-23(27)17-38-19(2)30(43-32(38)41)21-5-4-6-25(34)15-21/h4-16,19,28-30H,17H2,1-3H3,(H,39,40)/t19-,28?,29?,30-/m0/s1. The maximum absolute atomic E-state index is 13.9. The van der Waals surface area contributed by atoms with E-state index >= 15 is 0 Å². The highest BCUT2D eigenvalue weighted by Gasteiger charge is 2.41. The van der Waals surface area contributed by atoms with Crippen molar-refractivity contribution in [3.8, 4) is 0 Å². The van der Waals surface area contributed by atoms with Crippen LogP contribution in [0.15, 0.2) is 78.9 Å². The van der Waals surface area contributed by atoms with Gasteiger partial charge in [0.15, 0.2) is 0 Å². The largest absolute Gasteiger partial charge is 0.478 e. The highest BCUT2D eigenvalue weighted by molar-refractivity contribution is 5.89. The molecule has 0 spiro atoms. The third kappa shape index (κ3) is 6.06. The van der Waals surface area contributed by atoms with Crippen LogP contribution in [0.2, 0.25) is 0 Å². The lowest BCUT2D eigenvalue weighted by Gasteiger charge is -2.30. The number of carbonyl (C=O) groups is 2. The van der Waals surface area contributed by atoms with Gasteiger partial charge >= 0.3 is 18.2 Å².